The number of hydrogen-bond acceptors (Lipinski definition) is 3. The van der Waals surface area contributed by atoms with Gasteiger partial charge in [0, 0.05) is 17.7 Å². The normalized spacial score (nSPS) is 29.6. The molecule has 1 fully saturated rings. The fourth-order valence-electron chi connectivity index (χ4n) is 2.07. The molecule has 80 valence electrons. The second-order valence-electron chi connectivity index (χ2n) is 4.28. The average molecular weight is 206 g/mol. The van der Waals surface area contributed by atoms with Crippen molar-refractivity contribution >= 4 is 5.69 Å². The molecule has 2 unspecified atom stereocenters. The van der Waals surface area contributed by atoms with Gasteiger partial charge < -0.3 is 5.73 Å². The molecule has 0 saturated heterocycles. The van der Waals surface area contributed by atoms with Gasteiger partial charge in [0.05, 0.1) is 4.92 Å². The maximum absolute atomic E-state index is 10.5. The van der Waals surface area contributed by atoms with Crippen molar-refractivity contribution in [2.24, 2.45) is 11.7 Å². The topological polar surface area (TPSA) is 69.2 Å². The molecule has 1 aliphatic carbocycles. The lowest BCUT2D eigenvalue weighted by Gasteiger charge is -2.45. The van der Waals surface area contributed by atoms with Crippen LogP contribution in [0, 0.1) is 16.0 Å². The Kier molecular flexibility index (Phi) is 2.23. The molecule has 0 aromatic heterocycles. The number of benzene rings is 1. The van der Waals surface area contributed by atoms with Gasteiger partial charge in [-0.1, -0.05) is 19.1 Å². The first-order valence-electron chi connectivity index (χ1n) is 5.08. The van der Waals surface area contributed by atoms with Crippen LogP contribution in [0.3, 0.4) is 0 Å². The fraction of sp³-hybridized carbons (Fsp3) is 0.455. The molecular weight excluding hydrogens is 192 g/mol. The first-order valence-corrected chi connectivity index (χ1v) is 5.08. The predicted molar refractivity (Wildman–Crippen MR) is 57.4 cm³/mol. The van der Waals surface area contributed by atoms with Crippen LogP contribution in [-0.2, 0) is 5.54 Å². The SMILES string of the molecule is CC1CCC1(N)c1ccc([N+](=O)[O-])cc1. The molecule has 1 aliphatic rings. The first-order chi connectivity index (χ1) is 7.04. The van der Waals surface area contributed by atoms with E-state index in [1.165, 1.54) is 12.1 Å². The van der Waals surface area contributed by atoms with Gasteiger partial charge in [0.1, 0.15) is 0 Å². The number of hydrogen-bond donors (Lipinski definition) is 1. The maximum Gasteiger partial charge on any atom is 0.269 e. The minimum absolute atomic E-state index is 0.120. The zero-order valence-corrected chi connectivity index (χ0v) is 8.64. The quantitative estimate of drug-likeness (QED) is 0.595. The third kappa shape index (κ3) is 1.51. The summed E-state index contributed by atoms with van der Waals surface area (Å²) in [5.41, 5.74) is 7.08. The number of nitro benzene ring substituents is 1. The van der Waals surface area contributed by atoms with Crippen LogP contribution in [-0.4, -0.2) is 4.92 Å². The largest absolute Gasteiger partial charge is 0.321 e. The molecule has 0 heterocycles. The number of nitrogens with zero attached hydrogens (tertiary/aromatic N) is 1. The highest BCUT2D eigenvalue weighted by atomic mass is 16.6. The fourth-order valence-corrected chi connectivity index (χ4v) is 2.07. The number of nitrogens with two attached hydrogens (primary N) is 1. The van der Waals surface area contributed by atoms with Crippen LogP contribution < -0.4 is 5.73 Å². The van der Waals surface area contributed by atoms with Crippen molar-refractivity contribution in [1.29, 1.82) is 0 Å². The molecule has 1 saturated carbocycles. The highest BCUT2D eigenvalue weighted by Crippen LogP contribution is 2.44. The molecule has 15 heavy (non-hydrogen) atoms. The summed E-state index contributed by atoms with van der Waals surface area (Å²) in [5.74, 6) is 0.457. The van der Waals surface area contributed by atoms with Gasteiger partial charge in [-0.15, -0.1) is 0 Å². The Hall–Kier alpha value is -1.42. The van der Waals surface area contributed by atoms with Crippen LogP contribution in [0.5, 0.6) is 0 Å². The Morgan fingerprint density at radius 3 is 2.40 bits per heavy atom. The standard InChI is InChI=1S/C11H14N2O2/c1-8-6-7-11(8,12)9-2-4-10(5-3-9)13(14)15/h2-5,8H,6-7,12H2,1H3. The Morgan fingerprint density at radius 1 is 1.47 bits per heavy atom. The summed E-state index contributed by atoms with van der Waals surface area (Å²) < 4.78 is 0. The molecule has 1 aromatic rings. The van der Waals surface area contributed by atoms with Crippen molar-refractivity contribution in [2.45, 2.75) is 25.3 Å². The van der Waals surface area contributed by atoms with E-state index in [1.54, 1.807) is 12.1 Å². The van der Waals surface area contributed by atoms with Gasteiger partial charge in [-0.2, -0.15) is 0 Å². The summed E-state index contributed by atoms with van der Waals surface area (Å²) in [6.45, 7) is 2.12. The van der Waals surface area contributed by atoms with Crippen LogP contribution in [0.4, 0.5) is 5.69 Å². The van der Waals surface area contributed by atoms with Crippen molar-refractivity contribution in [2.75, 3.05) is 0 Å². The van der Waals surface area contributed by atoms with Crippen LogP contribution in [0.25, 0.3) is 0 Å². The van der Waals surface area contributed by atoms with Crippen LogP contribution in [0.1, 0.15) is 25.3 Å². The number of nitro groups is 1. The average Bonchev–Trinajstić information content (AvgIpc) is 2.26. The molecule has 4 nitrogen and oxygen atoms in total. The van der Waals surface area contributed by atoms with Crippen molar-refractivity contribution in [3.05, 3.63) is 39.9 Å². The molecule has 0 aliphatic heterocycles. The van der Waals surface area contributed by atoms with E-state index in [2.05, 4.69) is 6.92 Å². The van der Waals surface area contributed by atoms with Gasteiger partial charge in [-0.25, -0.2) is 0 Å². The Bertz CT molecular complexity index is 388. The highest BCUT2D eigenvalue weighted by molar-refractivity contribution is 5.37. The monoisotopic (exact) mass is 206 g/mol. The highest BCUT2D eigenvalue weighted by Gasteiger charge is 2.41. The predicted octanol–water partition coefficient (Wildman–Crippen LogP) is 2.18. The summed E-state index contributed by atoms with van der Waals surface area (Å²) in [6, 6.07) is 6.59. The zero-order valence-electron chi connectivity index (χ0n) is 8.64. The zero-order chi connectivity index (χ0) is 11.1. The molecule has 0 bridgehead atoms. The van der Waals surface area contributed by atoms with E-state index >= 15 is 0 Å². The van der Waals surface area contributed by atoms with E-state index in [1.807, 2.05) is 0 Å². The van der Waals surface area contributed by atoms with Crippen molar-refractivity contribution in [3.63, 3.8) is 0 Å². The van der Waals surface area contributed by atoms with Gasteiger partial charge in [0.2, 0.25) is 0 Å². The lowest BCUT2D eigenvalue weighted by atomic mass is 9.64. The van der Waals surface area contributed by atoms with E-state index in [0.29, 0.717) is 5.92 Å². The molecule has 4 heteroatoms. The molecule has 0 amide bonds. The molecule has 0 radical (unpaired) electrons. The molecule has 0 spiro atoms. The van der Waals surface area contributed by atoms with Crippen LogP contribution in [0.15, 0.2) is 24.3 Å². The van der Waals surface area contributed by atoms with Gasteiger partial charge in [0.25, 0.3) is 5.69 Å². The van der Waals surface area contributed by atoms with E-state index in [4.69, 9.17) is 5.73 Å². The van der Waals surface area contributed by atoms with E-state index in [-0.39, 0.29) is 11.2 Å². The summed E-state index contributed by atoms with van der Waals surface area (Å²) in [6.07, 6.45) is 2.10. The molecular formula is C11H14N2O2. The van der Waals surface area contributed by atoms with Gasteiger partial charge >= 0.3 is 0 Å². The maximum atomic E-state index is 10.5. The van der Waals surface area contributed by atoms with Crippen LogP contribution in [0.2, 0.25) is 0 Å². The summed E-state index contributed by atoms with van der Waals surface area (Å²) in [4.78, 5) is 10.1. The van der Waals surface area contributed by atoms with Gasteiger partial charge in [-0.05, 0) is 24.3 Å². The lowest BCUT2D eigenvalue weighted by molar-refractivity contribution is -0.384. The van der Waals surface area contributed by atoms with Crippen molar-refractivity contribution in [3.8, 4) is 0 Å². The van der Waals surface area contributed by atoms with Crippen molar-refractivity contribution in [1.82, 2.24) is 0 Å². The van der Waals surface area contributed by atoms with Gasteiger partial charge in [0.15, 0.2) is 0 Å². The second kappa shape index (κ2) is 3.31. The van der Waals surface area contributed by atoms with E-state index < -0.39 is 4.92 Å². The second-order valence-corrected chi connectivity index (χ2v) is 4.28. The van der Waals surface area contributed by atoms with Crippen LogP contribution >= 0.6 is 0 Å². The lowest BCUT2D eigenvalue weighted by Crippen LogP contribution is -2.50. The number of non-ortho nitro benzene ring substituents is 1. The Morgan fingerprint density at radius 2 is 2.07 bits per heavy atom. The van der Waals surface area contributed by atoms with E-state index in [0.717, 1.165) is 18.4 Å². The molecule has 2 rings (SSSR count). The van der Waals surface area contributed by atoms with Crippen molar-refractivity contribution < 1.29 is 4.92 Å². The first kappa shape index (κ1) is 10.1. The number of rotatable bonds is 2. The van der Waals surface area contributed by atoms with E-state index in [9.17, 15) is 10.1 Å². The summed E-state index contributed by atoms with van der Waals surface area (Å²) >= 11 is 0. The smallest absolute Gasteiger partial charge is 0.269 e. The van der Waals surface area contributed by atoms with Gasteiger partial charge in [-0.3, -0.25) is 10.1 Å². The Balaban J connectivity index is 2.28. The summed E-state index contributed by atoms with van der Waals surface area (Å²) in [5, 5.41) is 10.5. The molecule has 1 aromatic carbocycles. The summed E-state index contributed by atoms with van der Waals surface area (Å²) in [7, 11) is 0. The molecule has 2 N–H and O–H groups in total. The third-order valence-corrected chi connectivity index (χ3v) is 3.49. The Labute approximate surface area is 88.2 Å². The minimum atomic E-state index is -0.392. The molecule has 2 atom stereocenters. The minimum Gasteiger partial charge on any atom is -0.321 e. The third-order valence-electron chi connectivity index (χ3n) is 3.49.